The highest BCUT2D eigenvalue weighted by Crippen LogP contribution is 2.46. The molecule has 2 aromatic carbocycles. The van der Waals surface area contributed by atoms with Crippen LogP contribution in [-0.4, -0.2) is 6.61 Å². The van der Waals surface area contributed by atoms with Crippen molar-refractivity contribution < 1.29 is 4.74 Å². The Bertz CT molecular complexity index is 671. The first kappa shape index (κ1) is 15.0. The molecule has 1 heterocycles. The van der Waals surface area contributed by atoms with Gasteiger partial charge in [-0.25, -0.2) is 0 Å². The third kappa shape index (κ3) is 2.83. The van der Waals surface area contributed by atoms with E-state index in [-0.39, 0.29) is 6.10 Å². The van der Waals surface area contributed by atoms with E-state index in [2.05, 4.69) is 62.4 Å². The predicted octanol–water partition coefficient (Wildman–Crippen LogP) is 5.62. The summed E-state index contributed by atoms with van der Waals surface area (Å²) in [4.78, 5) is 0. The Morgan fingerprint density at radius 3 is 2.57 bits per heavy atom. The Kier molecular flexibility index (Phi) is 3.98. The maximum absolute atomic E-state index is 6.25. The first-order valence-corrected chi connectivity index (χ1v) is 9.01. The van der Waals surface area contributed by atoms with Crippen LogP contribution in [0.15, 0.2) is 48.5 Å². The molecule has 0 spiro atoms. The number of ether oxygens (including phenoxy) is 1. The SMILES string of the molecule is CC(C)c1ccc([C@@H]2C[C@@H]3c4ccccc4CC[C@H]3CO2)cc1. The van der Waals surface area contributed by atoms with Crippen LogP contribution in [0.2, 0.25) is 0 Å². The maximum atomic E-state index is 6.25. The Morgan fingerprint density at radius 1 is 1.00 bits per heavy atom. The summed E-state index contributed by atoms with van der Waals surface area (Å²) < 4.78 is 6.25. The number of aryl methyl sites for hydroxylation is 1. The zero-order chi connectivity index (χ0) is 15.8. The van der Waals surface area contributed by atoms with Crippen LogP contribution in [0.4, 0.5) is 0 Å². The second kappa shape index (κ2) is 6.13. The van der Waals surface area contributed by atoms with E-state index in [9.17, 15) is 0 Å². The summed E-state index contributed by atoms with van der Waals surface area (Å²) in [5.74, 6) is 1.96. The number of rotatable bonds is 2. The molecule has 2 aromatic rings. The molecule has 1 fully saturated rings. The molecule has 4 rings (SSSR count). The largest absolute Gasteiger partial charge is 0.373 e. The highest BCUT2D eigenvalue weighted by molar-refractivity contribution is 5.35. The zero-order valence-electron chi connectivity index (χ0n) is 14.2. The third-order valence-corrected chi connectivity index (χ3v) is 5.76. The average Bonchev–Trinajstić information content (AvgIpc) is 2.61. The van der Waals surface area contributed by atoms with E-state index in [1.54, 1.807) is 11.1 Å². The van der Waals surface area contributed by atoms with Crippen molar-refractivity contribution in [3.8, 4) is 0 Å². The lowest BCUT2D eigenvalue weighted by Crippen LogP contribution is -2.32. The molecule has 23 heavy (non-hydrogen) atoms. The number of hydrogen-bond donors (Lipinski definition) is 0. The van der Waals surface area contributed by atoms with Gasteiger partial charge in [0.15, 0.2) is 0 Å². The Labute approximate surface area is 139 Å². The first-order chi connectivity index (χ1) is 11.2. The highest BCUT2D eigenvalue weighted by atomic mass is 16.5. The minimum absolute atomic E-state index is 0.253. The summed E-state index contributed by atoms with van der Waals surface area (Å²) in [5, 5.41) is 0. The fraction of sp³-hybridized carbons (Fsp3) is 0.455. The molecule has 0 N–H and O–H groups in total. The highest BCUT2D eigenvalue weighted by Gasteiger charge is 2.36. The standard InChI is InChI=1S/C22H26O/c1-15(2)16-7-10-18(11-8-16)22-13-21-19(14-23-22)12-9-17-5-3-4-6-20(17)21/h3-8,10-11,15,19,21-22H,9,12-14H2,1-2H3/t19-,21-,22-/m0/s1. The van der Waals surface area contributed by atoms with Crippen LogP contribution < -0.4 is 0 Å². The van der Waals surface area contributed by atoms with Gasteiger partial charge in [-0.2, -0.15) is 0 Å². The van der Waals surface area contributed by atoms with Gasteiger partial charge in [-0.1, -0.05) is 62.4 Å². The van der Waals surface area contributed by atoms with Crippen molar-refractivity contribution in [2.24, 2.45) is 5.92 Å². The monoisotopic (exact) mass is 306 g/mol. The number of benzene rings is 2. The van der Waals surface area contributed by atoms with E-state index in [1.807, 2.05) is 0 Å². The zero-order valence-corrected chi connectivity index (χ0v) is 14.2. The number of hydrogen-bond acceptors (Lipinski definition) is 1. The van der Waals surface area contributed by atoms with Gasteiger partial charge in [0.1, 0.15) is 0 Å². The van der Waals surface area contributed by atoms with Gasteiger partial charge in [0.05, 0.1) is 12.7 Å². The van der Waals surface area contributed by atoms with Crippen LogP contribution in [0, 0.1) is 5.92 Å². The number of fused-ring (bicyclic) bond motifs is 3. The summed E-state index contributed by atoms with van der Waals surface area (Å²) in [6, 6.07) is 18.1. The maximum Gasteiger partial charge on any atom is 0.0831 e. The fourth-order valence-corrected chi connectivity index (χ4v) is 4.30. The van der Waals surface area contributed by atoms with Crippen LogP contribution in [0.25, 0.3) is 0 Å². The minimum atomic E-state index is 0.253. The molecular formula is C22H26O. The first-order valence-electron chi connectivity index (χ1n) is 9.01. The van der Waals surface area contributed by atoms with Crippen molar-refractivity contribution in [2.45, 2.75) is 51.0 Å². The molecule has 0 bridgehead atoms. The Morgan fingerprint density at radius 2 is 1.78 bits per heavy atom. The summed E-state index contributed by atoms with van der Waals surface area (Å²) in [7, 11) is 0. The van der Waals surface area contributed by atoms with Crippen LogP contribution in [0.5, 0.6) is 0 Å². The molecular weight excluding hydrogens is 280 g/mol. The molecule has 0 unspecified atom stereocenters. The van der Waals surface area contributed by atoms with Crippen molar-refractivity contribution >= 4 is 0 Å². The fourth-order valence-electron chi connectivity index (χ4n) is 4.30. The normalized spacial score (nSPS) is 26.7. The van der Waals surface area contributed by atoms with E-state index >= 15 is 0 Å². The van der Waals surface area contributed by atoms with E-state index in [0.717, 1.165) is 13.0 Å². The van der Waals surface area contributed by atoms with E-state index in [4.69, 9.17) is 4.74 Å². The molecule has 1 heteroatoms. The third-order valence-electron chi connectivity index (χ3n) is 5.76. The van der Waals surface area contributed by atoms with E-state index in [1.165, 1.54) is 24.0 Å². The molecule has 0 saturated carbocycles. The molecule has 0 radical (unpaired) electrons. The lowest BCUT2D eigenvalue weighted by molar-refractivity contribution is -0.0340. The van der Waals surface area contributed by atoms with Crippen LogP contribution in [-0.2, 0) is 11.2 Å². The van der Waals surface area contributed by atoms with Gasteiger partial charge in [-0.15, -0.1) is 0 Å². The average molecular weight is 306 g/mol. The van der Waals surface area contributed by atoms with Gasteiger partial charge in [0.2, 0.25) is 0 Å². The topological polar surface area (TPSA) is 9.23 Å². The molecule has 1 saturated heterocycles. The lowest BCUT2D eigenvalue weighted by atomic mass is 9.71. The van der Waals surface area contributed by atoms with Crippen molar-refractivity contribution in [3.63, 3.8) is 0 Å². The van der Waals surface area contributed by atoms with Gasteiger partial charge in [-0.3, -0.25) is 0 Å². The van der Waals surface area contributed by atoms with Crippen LogP contribution >= 0.6 is 0 Å². The van der Waals surface area contributed by atoms with E-state index < -0.39 is 0 Å². The summed E-state index contributed by atoms with van der Waals surface area (Å²) in [6.45, 7) is 5.40. The summed E-state index contributed by atoms with van der Waals surface area (Å²) in [6.07, 6.45) is 3.88. The second-order valence-electron chi connectivity index (χ2n) is 7.48. The molecule has 0 amide bonds. The molecule has 1 nitrogen and oxygen atoms in total. The summed E-state index contributed by atoms with van der Waals surface area (Å²) in [5.41, 5.74) is 5.89. The van der Waals surface area contributed by atoms with Gasteiger partial charge in [-0.05, 0) is 59.3 Å². The Hall–Kier alpha value is -1.60. The van der Waals surface area contributed by atoms with Gasteiger partial charge in [0.25, 0.3) is 0 Å². The lowest BCUT2D eigenvalue weighted by Gasteiger charge is -2.40. The van der Waals surface area contributed by atoms with Crippen molar-refractivity contribution in [1.29, 1.82) is 0 Å². The van der Waals surface area contributed by atoms with Crippen molar-refractivity contribution in [3.05, 3.63) is 70.8 Å². The molecule has 3 atom stereocenters. The van der Waals surface area contributed by atoms with Crippen molar-refractivity contribution in [1.82, 2.24) is 0 Å². The second-order valence-corrected chi connectivity index (χ2v) is 7.48. The molecule has 2 aliphatic rings. The predicted molar refractivity (Wildman–Crippen MR) is 94.8 cm³/mol. The van der Waals surface area contributed by atoms with Gasteiger partial charge < -0.3 is 4.74 Å². The van der Waals surface area contributed by atoms with Crippen LogP contribution in [0.3, 0.4) is 0 Å². The smallest absolute Gasteiger partial charge is 0.0831 e. The van der Waals surface area contributed by atoms with Crippen molar-refractivity contribution in [2.75, 3.05) is 6.61 Å². The summed E-state index contributed by atoms with van der Waals surface area (Å²) >= 11 is 0. The minimum Gasteiger partial charge on any atom is -0.373 e. The molecule has 0 aromatic heterocycles. The van der Waals surface area contributed by atoms with Gasteiger partial charge in [0, 0.05) is 0 Å². The van der Waals surface area contributed by atoms with E-state index in [0.29, 0.717) is 17.8 Å². The van der Waals surface area contributed by atoms with Gasteiger partial charge >= 0.3 is 0 Å². The van der Waals surface area contributed by atoms with Crippen LogP contribution in [0.1, 0.15) is 66.9 Å². The molecule has 1 aliphatic carbocycles. The molecule has 1 aliphatic heterocycles. The molecule has 120 valence electrons. The quantitative estimate of drug-likeness (QED) is 0.700. The Balaban J connectivity index is 1.57.